The Balaban J connectivity index is 1.93. The monoisotopic (exact) mass is 125 g/mol. The zero-order valence-corrected chi connectivity index (χ0v) is 5.61. The van der Waals surface area contributed by atoms with E-state index in [1.807, 2.05) is 0 Å². The van der Waals surface area contributed by atoms with Crippen molar-refractivity contribution in [3.8, 4) is 0 Å². The molecule has 0 aromatic carbocycles. The van der Waals surface area contributed by atoms with Crippen LogP contribution in [0.5, 0.6) is 0 Å². The van der Waals surface area contributed by atoms with E-state index in [1.54, 1.807) is 0 Å². The minimum absolute atomic E-state index is 0.509. The van der Waals surface area contributed by atoms with Gasteiger partial charge in [0.1, 0.15) is 0 Å². The summed E-state index contributed by atoms with van der Waals surface area (Å²) in [6.45, 7) is 1.18. The molecule has 1 heterocycles. The fourth-order valence-corrected chi connectivity index (χ4v) is 1.67. The van der Waals surface area contributed by atoms with Crippen LogP contribution in [0.25, 0.3) is 0 Å². The lowest BCUT2D eigenvalue weighted by atomic mass is 9.80. The van der Waals surface area contributed by atoms with Gasteiger partial charge >= 0.3 is 0 Å². The predicted molar refractivity (Wildman–Crippen MR) is 36.6 cm³/mol. The molecule has 0 aromatic rings. The molecule has 1 aliphatic carbocycles. The van der Waals surface area contributed by atoms with E-state index in [1.165, 1.54) is 32.2 Å². The summed E-state index contributed by atoms with van der Waals surface area (Å²) < 4.78 is 0. The topological polar surface area (TPSA) is 24.1 Å². The lowest BCUT2D eigenvalue weighted by molar-refractivity contribution is 0.123. The maximum absolute atomic E-state index is 3.29. The first-order chi connectivity index (χ1) is 4.41. The second-order valence-corrected chi connectivity index (χ2v) is 3.12. The molecule has 1 saturated heterocycles. The van der Waals surface area contributed by atoms with E-state index in [0.29, 0.717) is 5.54 Å². The Bertz CT molecular complexity index is 99.5. The molecule has 0 unspecified atom stereocenters. The Morgan fingerprint density at radius 2 is 1.89 bits per heavy atom. The average molecular weight is 125 g/mol. The van der Waals surface area contributed by atoms with Crippen LogP contribution in [0.2, 0.25) is 0 Å². The van der Waals surface area contributed by atoms with Gasteiger partial charge in [-0.05, 0) is 32.1 Å². The Morgan fingerprint density at radius 3 is 2.22 bits per heavy atom. The van der Waals surface area contributed by atoms with E-state index in [4.69, 9.17) is 0 Å². The maximum atomic E-state index is 3.29. The average Bonchev–Trinajstić information content (AvgIpc) is 1.87. The zero-order valence-electron chi connectivity index (χ0n) is 5.61. The van der Waals surface area contributed by atoms with Crippen LogP contribution in [0.1, 0.15) is 25.7 Å². The van der Waals surface area contributed by atoms with Crippen LogP contribution in [0.3, 0.4) is 0 Å². The molecule has 1 radical (unpaired) electrons. The summed E-state index contributed by atoms with van der Waals surface area (Å²) in [6.07, 6.45) is 7.66. The van der Waals surface area contributed by atoms with E-state index in [0.717, 1.165) is 0 Å². The third kappa shape index (κ3) is 0.864. The molecule has 0 amide bonds. The maximum Gasteiger partial charge on any atom is 0.0462 e. The van der Waals surface area contributed by atoms with Crippen LogP contribution in [-0.4, -0.2) is 12.1 Å². The first-order valence-corrected chi connectivity index (χ1v) is 3.73. The standard InChI is InChI=1S/C7H13N2/c1-2-4-7(5-3-1)6-8-9-7/h1,8-9H,2-6H2. The number of rotatable bonds is 0. The molecule has 0 bridgehead atoms. The van der Waals surface area contributed by atoms with Crippen molar-refractivity contribution in [2.75, 3.05) is 6.54 Å². The highest BCUT2D eigenvalue weighted by Crippen LogP contribution is 2.29. The summed E-state index contributed by atoms with van der Waals surface area (Å²) in [4.78, 5) is 0. The van der Waals surface area contributed by atoms with Crippen LogP contribution in [-0.2, 0) is 0 Å². The molecule has 2 heteroatoms. The van der Waals surface area contributed by atoms with Gasteiger partial charge in [-0.3, -0.25) is 10.9 Å². The van der Waals surface area contributed by atoms with E-state index in [-0.39, 0.29) is 0 Å². The molecule has 2 rings (SSSR count). The van der Waals surface area contributed by atoms with Gasteiger partial charge in [0.15, 0.2) is 0 Å². The SMILES string of the molecule is [CH]1CCC2(CC1)CNN2. The quantitative estimate of drug-likeness (QED) is 0.495. The van der Waals surface area contributed by atoms with Gasteiger partial charge in [-0.15, -0.1) is 0 Å². The van der Waals surface area contributed by atoms with Crippen LogP contribution >= 0.6 is 0 Å². The van der Waals surface area contributed by atoms with Gasteiger partial charge in [0.25, 0.3) is 0 Å². The van der Waals surface area contributed by atoms with Gasteiger partial charge < -0.3 is 0 Å². The van der Waals surface area contributed by atoms with Crippen molar-refractivity contribution in [2.45, 2.75) is 31.2 Å². The predicted octanol–water partition coefficient (Wildman–Crippen LogP) is 0.611. The van der Waals surface area contributed by atoms with E-state index in [9.17, 15) is 0 Å². The Hall–Kier alpha value is -0.0800. The second kappa shape index (κ2) is 1.96. The van der Waals surface area contributed by atoms with Gasteiger partial charge in [0.05, 0.1) is 0 Å². The molecular weight excluding hydrogens is 112 g/mol. The molecule has 0 aromatic heterocycles. The van der Waals surface area contributed by atoms with Crippen LogP contribution in [0.4, 0.5) is 0 Å². The number of hydrazine groups is 1. The smallest absolute Gasteiger partial charge is 0.0462 e. The molecule has 9 heavy (non-hydrogen) atoms. The van der Waals surface area contributed by atoms with Crippen molar-refractivity contribution in [2.24, 2.45) is 0 Å². The van der Waals surface area contributed by atoms with Gasteiger partial charge in [-0.1, -0.05) is 0 Å². The molecule has 1 spiro atoms. The summed E-state index contributed by atoms with van der Waals surface area (Å²) >= 11 is 0. The van der Waals surface area contributed by atoms with E-state index >= 15 is 0 Å². The van der Waals surface area contributed by atoms with Crippen molar-refractivity contribution in [3.05, 3.63) is 6.42 Å². The van der Waals surface area contributed by atoms with Crippen LogP contribution in [0.15, 0.2) is 0 Å². The summed E-state index contributed by atoms with van der Waals surface area (Å²) in [6, 6.07) is 0. The molecule has 2 fully saturated rings. The van der Waals surface area contributed by atoms with Crippen molar-refractivity contribution < 1.29 is 0 Å². The number of nitrogens with one attached hydrogen (secondary N) is 2. The van der Waals surface area contributed by atoms with Gasteiger partial charge in [0.2, 0.25) is 0 Å². The second-order valence-electron chi connectivity index (χ2n) is 3.12. The van der Waals surface area contributed by atoms with Crippen molar-refractivity contribution >= 4 is 0 Å². The molecular formula is C7H13N2. The zero-order chi connectivity index (χ0) is 6.16. The fraction of sp³-hybridized carbons (Fsp3) is 0.857. The minimum Gasteiger partial charge on any atom is -0.255 e. The highest BCUT2D eigenvalue weighted by atomic mass is 15.5. The van der Waals surface area contributed by atoms with E-state index < -0.39 is 0 Å². The minimum atomic E-state index is 0.509. The third-order valence-corrected chi connectivity index (χ3v) is 2.43. The third-order valence-electron chi connectivity index (χ3n) is 2.43. The van der Waals surface area contributed by atoms with Crippen molar-refractivity contribution in [1.82, 2.24) is 10.9 Å². The number of hydrogen-bond acceptors (Lipinski definition) is 2. The van der Waals surface area contributed by atoms with Gasteiger partial charge in [-0.25, -0.2) is 0 Å². The molecule has 0 atom stereocenters. The molecule has 2 aliphatic rings. The summed E-state index contributed by atoms with van der Waals surface area (Å²) in [5, 5.41) is 0. The lowest BCUT2D eigenvalue weighted by Gasteiger charge is -2.46. The van der Waals surface area contributed by atoms with Gasteiger partial charge in [-0.2, -0.15) is 0 Å². The highest BCUT2D eigenvalue weighted by Gasteiger charge is 2.37. The Morgan fingerprint density at radius 1 is 1.22 bits per heavy atom. The highest BCUT2D eigenvalue weighted by molar-refractivity contribution is 5.00. The first kappa shape index (κ1) is 5.69. The van der Waals surface area contributed by atoms with E-state index in [2.05, 4.69) is 17.3 Å². The fourth-order valence-electron chi connectivity index (χ4n) is 1.67. The summed E-state index contributed by atoms with van der Waals surface area (Å²) in [5.74, 6) is 0. The van der Waals surface area contributed by atoms with Crippen molar-refractivity contribution in [3.63, 3.8) is 0 Å². The Labute approximate surface area is 56.0 Å². The lowest BCUT2D eigenvalue weighted by Crippen LogP contribution is -2.70. The summed E-state index contributed by atoms with van der Waals surface area (Å²) in [7, 11) is 0. The van der Waals surface area contributed by atoms with Crippen LogP contribution < -0.4 is 10.9 Å². The largest absolute Gasteiger partial charge is 0.255 e. The van der Waals surface area contributed by atoms with Gasteiger partial charge in [0, 0.05) is 12.1 Å². The number of hydrogen-bond donors (Lipinski definition) is 2. The molecule has 1 saturated carbocycles. The summed E-state index contributed by atoms with van der Waals surface area (Å²) in [5.41, 5.74) is 6.91. The first-order valence-electron chi connectivity index (χ1n) is 3.73. The molecule has 1 aliphatic heterocycles. The van der Waals surface area contributed by atoms with Crippen molar-refractivity contribution in [1.29, 1.82) is 0 Å². The van der Waals surface area contributed by atoms with Crippen LogP contribution in [0, 0.1) is 6.42 Å². The molecule has 2 N–H and O–H groups in total. The molecule has 51 valence electrons. The Kier molecular flexibility index (Phi) is 1.24. The normalized spacial score (nSPS) is 32.0. The molecule has 2 nitrogen and oxygen atoms in total.